The van der Waals surface area contributed by atoms with Gasteiger partial charge in [-0.3, -0.25) is 9.11 Å². The molecule has 24 heteroatoms. The van der Waals surface area contributed by atoms with Gasteiger partial charge in [0.2, 0.25) is 35.7 Å². The monoisotopic (exact) mass is 1250 g/mol. The number of nitrogens with zero attached hydrogens (tertiary/aromatic N) is 8. The van der Waals surface area contributed by atoms with Crippen LogP contribution < -0.4 is 31.9 Å². The van der Waals surface area contributed by atoms with Crippen molar-refractivity contribution in [2.75, 3.05) is 97.3 Å². The minimum absolute atomic E-state index is 0.00676. The highest BCUT2D eigenvalue weighted by Gasteiger charge is 2.29. The van der Waals surface area contributed by atoms with Gasteiger partial charge >= 0.3 is 0 Å². The van der Waals surface area contributed by atoms with Crippen LogP contribution in [0.3, 0.4) is 0 Å². The number of anilines is 8. The Morgan fingerprint density at radius 3 is 0.955 bits per heavy atom. The van der Waals surface area contributed by atoms with Gasteiger partial charge in [-0.1, -0.05) is 159 Å². The zero-order valence-corrected chi connectivity index (χ0v) is 55.9. The first-order chi connectivity index (χ1) is 41.0. The van der Waals surface area contributed by atoms with Gasteiger partial charge < -0.3 is 51.9 Å². The molecule has 0 saturated carbocycles. The highest BCUT2D eigenvalue weighted by Crippen LogP contribution is 2.42. The number of nitrogens with one attached hydrogen (secondary N) is 6. The van der Waals surface area contributed by atoms with E-state index in [-0.39, 0.29) is 79.9 Å². The number of benzene rings is 4. The van der Waals surface area contributed by atoms with Gasteiger partial charge in [-0.2, -0.15) is 46.7 Å². The van der Waals surface area contributed by atoms with E-state index in [9.17, 15) is 36.2 Å². The standard InChI is InChI=1S/C64H94N14O8S2/c1-17-77(18-2)33-31-67-57-71-55(65-29-27-41-35-47(61(5,6)7)53(79)48(36-41)62(8,9)10)73-59(75-57)69-45-25-23-43(51(39-45)87(81,82)83)21-22-44-24-26-46(40-52(44)88(84,85)86)70-60-74-56(72-58(76-60)68-32-34-78(19-3)20-4)66-30-28-42-37-49(63(11,12)13)54(80)50(38-42)64(14,15)16/h21-26,35-40,79-80H,17-20,27-34H2,1-16H3,(H,81,82,83)(H,84,85,86)(H3,65,67,69,71,73,75)(H3,66,68,70,72,74,76)/b22-21+. The number of likely N-dealkylation sites (N-methyl/N-ethyl adjacent to an activating group) is 2. The molecule has 0 fully saturated rings. The Morgan fingerprint density at radius 1 is 0.420 bits per heavy atom. The minimum Gasteiger partial charge on any atom is -0.507 e. The van der Waals surface area contributed by atoms with E-state index < -0.39 is 30.0 Å². The molecule has 0 atom stereocenters. The molecular formula is C64H94N14O8S2. The summed E-state index contributed by atoms with van der Waals surface area (Å²) in [6.07, 6.45) is 3.76. The summed E-state index contributed by atoms with van der Waals surface area (Å²) in [7, 11) is -9.81. The number of hydrogen-bond acceptors (Lipinski definition) is 20. The first-order valence-corrected chi connectivity index (χ1v) is 33.0. The largest absolute Gasteiger partial charge is 0.507 e. The molecule has 0 saturated heterocycles. The van der Waals surface area contributed by atoms with Gasteiger partial charge in [-0.15, -0.1) is 0 Å². The van der Waals surface area contributed by atoms with E-state index in [1.54, 1.807) is 12.1 Å². The third kappa shape index (κ3) is 19.6. The zero-order valence-electron chi connectivity index (χ0n) is 54.2. The van der Waals surface area contributed by atoms with Crippen molar-refractivity contribution in [3.05, 3.63) is 105 Å². The summed E-state index contributed by atoms with van der Waals surface area (Å²) in [5.74, 6) is 1.72. The second-order valence-corrected chi connectivity index (χ2v) is 28.8. The van der Waals surface area contributed by atoms with E-state index in [2.05, 4.69) is 182 Å². The Morgan fingerprint density at radius 2 is 0.693 bits per heavy atom. The molecule has 0 aliphatic carbocycles. The van der Waals surface area contributed by atoms with Gasteiger partial charge in [-0.05, 0) is 129 Å². The normalized spacial score (nSPS) is 12.7. The van der Waals surface area contributed by atoms with Crippen molar-refractivity contribution in [2.24, 2.45) is 0 Å². The Balaban J connectivity index is 1.26. The molecule has 6 rings (SSSR count). The van der Waals surface area contributed by atoms with E-state index in [0.717, 1.165) is 72.6 Å². The predicted octanol–water partition coefficient (Wildman–Crippen LogP) is 11.6. The van der Waals surface area contributed by atoms with E-state index in [0.29, 0.717) is 50.5 Å². The van der Waals surface area contributed by atoms with E-state index in [4.69, 9.17) is 0 Å². The average molecular weight is 1250 g/mol. The second kappa shape index (κ2) is 28.9. The lowest BCUT2D eigenvalue weighted by Crippen LogP contribution is -2.29. The maximum absolute atomic E-state index is 13.1. The van der Waals surface area contributed by atoms with Crippen LogP contribution in [0.15, 0.2) is 70.5 Å². The average Bonchev–Trinajstić information content (AvgIpc) is 1.99. The van der Waals surface area contributed by atoms with Crippen LogP contribution in [-0.4, -0.2) is 141 Å². The molecule has 4 aromatic carbocycles. The number of aromatic nitrogens is 6. The summed E-state index contributed by atoms with van der Waals surface area (Å²) in [4.78, 5) is 31.2. The van der Waals surface area contributed by atoms with Crippen molar-refractivity contribution >= 4 is 79.5 Å². The van der Waals surface area contributed by atoms with Crippen LogP contribution in [0, 0.1) is 0 Å². The molecule has 0 unspecified atom stereocenters. The van der Waals surface area contributed by atoms with Crippen molar-refractivity contribution < 1.29 is 36.2 Å². The Hall–Kier alpha value is -7.22. The molecule has 0 bridgehead atoms. The Kier molecular flexibility index (Phi) is 23.0. The molecule has 22 nitrogen and oxygen atoms in total. The quantitative estimate of drug-likeness (QED) is 0.0161. The van der Waals surface area contributed by atoms with E-state index >= 15 is 0 Å². The number of phenols is 2. The molecule has 480 valence electrons. The molecule has 10 N–H and O–H groups in total. The summed E-state index contributed by atoms with van der Waals surface area (Å²) >= 11 is 0. The van der Waals surface area contributed by atoms with Crippen LogP contribution in [0.5, 0.6) is 11.5 Å². The Labute approximate surface area is 521 Å². The van der Waals surface area contributed by atoms with Gasteiger partial charge in [0, 0.05) is 50.6 Å². The second-order valence-electron chi connectivity index (χ2n) is 26.0. The fraction of sp³-hybridized carbons (Fsp3) is 0.500. The molecule has 0 amide bonds. The molecule has 2 aromatic heterocycles. The Bertz CT molecular complexity index is 3330. The maximum Gasteiger partial charge on any atom is 0.295 e. The van der Waals surface area contributed by atoms with Crippen LogP contribution in [0.4, 0.5) is 47.1 Å². The van der Waals surface area contributed by atoms with Crippen molar-refractivity contribution in [3.63, 3.8) is 0 Å². The summed E-state index contributed by atoms with van der Waals surface area (Å²) in [5.41, 5.74) is 4.61. The van der Waals surface area contributed by atoms with Gasteiger partial charge in [0.25, 0.3) is 20.2 Å². The van der Waals surface area contributed by atoms with Crippen LogP contribution in [-0.2, 0) is 54.7 Å². The SMILES string of the molecule is CCN(CC)CCNc1nc(NCCc2cc(C(C)(C)C)c(O)c(C(C)(C)C)c2)nc(Nc2ccc(/C=C/c3ccc(Nc4nc(NCCc5cc(C(C)(C)C)c(O)c(C(C)(C)C)c5)nc(NCCN(CC)CC)n4)cc3S(=O)(=O)O)c(S(=O)(=O)O)c2)n1. The molecule has 88 heavy (non-hydrogen) atoms. The highest BCUT2D eigenvalue weighted by molar-refractivity contribution is 7.86. The van der Waals surface area contributed by atoms with E-state index in [1.165, 1.54) is 36.4 Å². The predicted molar refractivity (Wildman–Crippen MR) is 356 cm³/mol. The molecule has 0 aliphatic heterocycles. The van der Waals surface area contributed by atoms with Gasteiger partial charge in [0.1, 0.15) is 21.3 Å². The fourth-order valence-electron chi connectivity index (χ4n) is 9.90. The molecule has 2 heterocycles. The topological polar surface area (TPSA) is 305 Å². The first-order valence-electron chi connectivity index (χ1n) is 30.1. The smallest absolute Gasteiger partial charge is 0.295 e. The first kappa shape index (κ1) is 69.9. The van der Waals surface area contributed by atoms with Gasteiger partial charge in [0.15, 0.2) is 0 Å². The van der Waals surface area contributed by atoms with E-state index in [1.807, 2.05) is 24.3 Å². The summed E-state index contributed by atoms with van der Waals surface area (Å²) in [6.45, 7) is 39.9. The zero-order chi connectivity index (χ0) is 65.2. The number of rotatable bonds is 28. The third-order valence-electron chi connectivity index (χ3n) is 15.0. The van der Waals surface area contributed by atoms with Crippen LogP contribution in [0.1, 0.15) is 155 Å². The highest BCUT2D eigenvalue weighted by atomic mass is 32.2. The van der Waals surface area contributed by atoms with Crippen molar-refractivity contribution in [3.8, 4) is 11.5 Å². The van der Waals surface area contributed by atoms with Crippen LogP contribution in [0.2, 0.25) is 0 Å². The molecule has 0 aliphatic rings. The summed E-state index contributed by atoms with van der Waals surface area (Å²) < 4.78 is 73.5. The molecule has 0 spiro atoms. The third-order valence-corrected chi connectivity index (χ3v) is 16.8. The molecule has 0 radical (unpaired) electrons. The lowest BCUT2D eigenvalue weighted by Gasteiger charge is -2.28. The molecule has 6 aromatic rings. The summed E-state index contributed by atoms with van der Waals surface area (Å²) in [6, 6.07) is 16.4. The van der Waals surface area contributed by atoms with Crippen molar-refractivity contribution in [1.82, 2.24) is 39.7 Å². The van der Waals surface area contributed by atoms with Gasteiger partial charge in [0.05, 0.1) is 0 Å². The molecular weight excluding hydrogens is 1160 g/mol. The van der Waals surface area contributed by atoms with Crippen LogP contribution >= 0.6 is 0 Å². The number of aromatic hydroxyl groups is 2. The van der Waals surface area contributed by atoms with Crippen molar-refractivity contribution in [1.29, 1.82) is 0 Å². The van der Waals surface area contributed by atoms with Crippen molar-refractivity contribution in [2.45, 2.75) is 155 Å². The lowest BCUT2D eigenvalue weighted by molar-refractivity contribution is 0.316. The van der Waals surface area contributed by atoms with Crippen LogP contribution in [0.25, 0.3) is 12.2 Å². The number of hydrogen-bond donors (Lipinski definition) is 10. The fourth-order valence-corrected chi connectivity index (χ4v) is 11.3. The summed E-state index contributed by atoms with van der Waals surface area (Å²) in [5, 5.41) is 41.9. The number of phenolic OH excluding ortho intramolecular Hbond substituents is 2. The maximum atomic E-state index is 13.1. The minimum atomic E-state index is -4.90. The van der Waals surface area contributed by atoms with Gasteiger partial charge in [-0.25, -0.2) is 0 Å². The lowest BCUT2D eigenvalue weighted by atomic mass is 9.78.